The quantitative estimate of drug-likeness (QED) is 0.780. The van der Waals surface area contributed by atoms with E-state index in [1.54, 1.807) is 7.11 Å². The average molecular weight is 261 g/mol. The third-order valence-electron chi connectivity index (χ3n) is 4.01. The van der Waals surface area contributed by atoms with Gasteiger partial charge >= 0.3 is 0 Å². The first kappa shape index (κ1) is 14.1. The third-order valence-corrected chi connectivity index (χ3v) is 4.01. The zero-order valence-electron chi connectivity index (χ0n) is 12.1. The number of methoxy groups -OCH3 is 1. The molecule has 0 N–H and O–H groups in total. The second kappa shape index (κ2) is 6.20. The molecule has 0 unspecified atom stereocenters. The fraction of sp³-hybridized carbons (Fsp3) is 0.562. The number of likely N-dealkylation sites (tertiary alicyclic amines) is 1. The van der Waals surface area contributed by atoms with Gasteiger partial charge in [-0.3, -0.25) is 4.79 Å². The number of hydrogen-bond acceptors (Lipinski definition) is 3. The molecule has 19 heavy (non-hydrogen) atoms. The average Bonchev–Trinajstić information content (AvgIpc) is 2.46. The maximum Gasteiger partial charge on any atom is 0.166 e. The topological polar surface area (TPSA) is 29.5 Å². The second-order valence-corrected chi connectivity index (χ2v) is 5.50. The summed E-state index contributed by atoms with van der Waals surface area (Å²) in [5, 5.41) is 0. The van der Waals surface area contributed by atoms with Gasteiger partial charge in [0.1, 0.15) is 5.75 Å². The molecule has 0 bridgehead atoms. The zero-order valence-corrected chi connectivity index (χ0v) is 12.1. The van der Waals surface area contributed by atoms with E-state index in [4.69, 9.17) is 4.74 Å². The number of hydrogen-bond donors (Lipinski definition) is 0. The van der Waals surface area contributed by atoms with Gasteiger partial charge in [0.05, 0.1) is 7.11 Å². The first-order valence-electron chi connectivity index (χ1n) is 7.04. The van der Waals surface area contributed by atoms with Crippen molar-refractivity contribution in [3.05, 3.63) is 29.8 Å². The predicted octanol–water partition coefficient (Wildman–Crippen LogP) is 3.00. The summed E-state index contributed by atoms with van der Waals surface area (Å²) in [7, 11) is 1.64. The Labute approximate surface area is 115 Å². The van der Waals surface area contributed by atoms with Crippen molar-refractivity contribution in [2.24, 2.45) is 5.92 Å². The highest BCUT2D eigenvalue weighted by atomic mass is 16.5. The van der Waals surface area contributed by atoms with Crippen molar-refractivity contribution in [1.29, 1.82) is 0 Å². The monoisotopic (exact) mass is 261 g/mol. The van der Waals surface area contributed by atoms with Crippen LogP contribution in [0.4, 0.5) is 0 Å². The molecular formula is C16H23NO2. The summed E-state index contributed by atoms with van der Waals surface area (Å²) in [4.78, 5) is 14.9. The molecule has 0 saturated carbocycles. The van der Waals surface area contributed by atoms with Gasteiger partial charge in [-0.25, -0.2) is 0 Å². The Morgan fingerprint density at radius 3 is 2.26 bits per heavy atom. The van der Waals surface area contributed by atoms with E-state index in [9.17, 15) is 4.79 Å². The van der Waals surface area contributed by atoms with Crippen molar-refractivity contribution in [2.75, 3.05) is 20.2 Å². The molecule has 1 aliphatic rings. The molecule has 1 fully saturated rings. The Bertz CT molecular complexity index is 417. The van der Waals surface area contributed by atoms with E-state index >= 15 is 0 Å². The number of rotatable bonds is 4. The lowest BCUT2D eigenvalue weighted by Gasteiger charge is -2.34. The Morgan fingerprint density at radius 1 is 1.21 bits per heavy atom. The molecule has 0 atom stereocenters. The van der Waals surface area contributed by atoms with E-state index in [1.165, 1.54) is 0 Å². The molecule has 0 radical (unpaired) electrons. The van der Waals surface area contributed by atoms with Gasteiger partial charge in [0.15, 0.2) is 5.78 Å². The van der Waals surface area contributed by atoms with Crippen LogP contribution in [0.15, 0.2) is 24.3 Å². The Morgan fingerprint density at radius 2 is 1.79 bits per heavy atom. The van der Waals surface area contributed by atoms with Gasteiger partial charge in [-0.2, -0.15) is 0 Å². The maximum absolute atomic E-state index is 12.4. The number of carbonyl (C=O) groups excluding carboxylic acids is 1. The predicted molar refractivity (Wildman–Crippen MR) is 76.8 cm³/mol. The van der Waals surface area contributed by atoms with Crippen LogP contribution in [0, 0.1) is 5.92 Å². The van der Waals surface area contributed by atoms with E-state index in [2.05, 4.69) is 18.7 Å². The Balaban J connectivity index is 1.97. The van der Waals surface area contributed by atoms with Gasteiger partial charge in [-0.1, -0.05) is 0 Å². The van der Waals surface area contributed by atoms with E-state index in [0.717, 1.165) is 37.2 Å². The maximum atomic E-state index is 12.4. The highest BCUT2D eigenvalue weighted by Gasteiger charge is 2.26. The van der Waals surface area contributed by atoms with Crippen LogP contribution in [0.1, 0.15) is 37.0 Å². The van der Waals surface area contributed by atoms with E-state index in [-0.39, 0.29) is 11.7 Å². The Hall–Kier alpha value is -1.35. The summed E-state index contributed by atoms with van der Waals surface area (Å²) in [5.41, 5.74) is 0.809. The van der Waals surface area contributed by atoms with E-state index in [0.29, 0.717) is 6.04 Å². The van der Waals surface area contributed by atoms with Crippen LogP contribution >= 0.6 is 0 Å². The number of benzene rings is 1. The minimum atomic E-state index is 0.184. The summed E-state index contributed by atoms with van der Waals surface area (Å²) in [6.07, 6.45) is 1.95. The van der Waals surface area contributed by atoms with Crippen molar-refractivity contribution in [3.63, 3.8) is 0 Å². The summed E-state index contributed by atoms with van der Waals surface area (Å²) >= 11 is 0. The SMILES string of the molecule is COc1ccc(C(=O)C2CCN(C(C)C)CC2)cc1. The molecule has 3 nitrogen and oxygen atoms in total. The summed E-state index contributed by atoms with van der Waals surface area (Å²) in [6.45, 7) is 6.49. The largest absolute Gasteiger partial charge is 0.497 e. The number of nitrogens with zero attached hydrogens (tertiary/aromatic N) is 1. The Kier molecular flexibility index (Phi) is 4.59. The minimum absolute atomic E-state index is 0.184. The number of carbonyl (C=O) groups is 1. The molecule has 0 amide bonds. The van der Waals surface area contributed by atoms with Crippen LogP contribution in [-0.4, -0.2) is 36.9 Å². The third kappa shape index (κ3) is 3.35. The number of ether oxygens (including phenoxy) is 1. The molecule has 1 aromatic rings. The van der Waals surface area contributed by atoms with Crippen molar-refractivity contribution < 1.29 is 9.53 Å². The van der Waals surface area contributed by atoms with Crippen LogP contribution < -0.4 is 4.74 Å². The normalized spacial score (nSPS) is 17.7. The van der Waals surface area contributed by atoms with Crippen LogP contribution in [0.3, 0.4) is 0 Å². The van der Waals surface area contributed by atoms with Crippen molar-refractivity contribution in [2.45, 2.75) is 32.7 Å². The van der Waals surface area contributed by atoms with Crippen LogP contribution in [0.25, 0.3) is 0 Å². The van der Waals surface area contributed by atoms with E-state index < -0.39 is 0 Å². The molecule has 1 aliphatic heterocycles. The molecular weight excluding hydrogens is 238 g/mol. The summed E-state index contributed by atoms with van der Waals surface area (Å²) in [6, 6.07) is 8.04. The molecule has 2 rings (SSSR count). The second-order valence-electron chi connectivity index (χ2n) is 5.50. The van der Waals surface area contributed by atoms with Gasteiger partial charge in [-0.05, 0) is 64.0 Å². The highest BCUT2D eigenvalue weighted by Crippen LogP contribution is 2.23. The number of piperidine rings is 1. The lowest BCUT2D eigenvalue weighted by Crippen LogP contribution is -2.40. The van der Waals surface area contributed by atoms with Gasteiger partial charge in [-0.15, -0.1) is 0 Å². The van der Waals surface area contributed by atoms with Crippen LogP contribution in [0.5, 0.6) is 5.75 Å². The highest BCUT2D eigenvalue weighted by molar-refractivity contribution is 5.98. The molecule has 1 aromatic carbocycles. The fourth-order valence-corrected chi connectivity index (χ4v) is 2.67. The van der Waals surface area contributed by atoms with Gasteiger partial charge in [0, 0.05) is 17.5 Å². The van der Waals surface area contributed by atoms with Crippen LogP contribution in [0.2, 0.25) is 0 Å². The van der Waals surface area contributed by atoms with Gasteiger partial charge in [0.2, 0.25) is 0 Å². The molecule has 1 saturated heterocycles. The zero-order chi connectivity index (χ0) is 13.8. The van der Waals surface area contributed by atoms with Gasteiger partial charge in [0.25, 0.3) is 0 Å². The fourth-order valence-electron chi connectivity index (χ4n) is 2.67. The minimum Gasteiger partial charge on any atom is -0.497 e. The van der Waals surface area contributed by atoms with E-state index in [1.807, 2.05) is 24.3 Å². The molecule has 104 valence electrons. The first-order chi connectivity index (χ1) is 9.11. The molecule has 0 aliphatic carbocycles. The smallest absolute Gasteiger partial charge is 0.166 e. The molecule has 3 heteroatoms. The lowest BCUT2D eigenvalue weighted by atomic mass is 9.88. The van der Waals surface area contributed by atoms with Gasteiger partial charge < -0.3 is 9.64 Å². The molecule has 0 aromatic heterocycles. The lowest BCUT2D eigenvalue weighted by molar-refractivity contribution is 0.0811. The van der Waals surface area contributed by atoms with Crippen molar-refractivity contribution >= 4 is 5.78 Å². The number of ketones is 1. The summed E-state index contributed by atoms with van der Waals surface area (Å²) in [5.74, 6) is 1.26. The van der Waals surface area contributed by atoms with Crippen LogP contribution in [-0.2, 0) is 0 Å². The first-order valence-corrected chi connectivity index (χ1v) is 7.04. The number of Topliss-reactive ketones (excluding diaryl/α,β-unsaturated/α-hetero) is 1. The van der Waals surface area contributed by atoms with Crippen molar-refractivity contribution in [3.8, 4) is 5.75 Å². The molecule has 0 spiro atoms. The summed E-state index contributed by atoms with van der Waals surface area (Å²) < 4.78 is 5.12. The standard InChI is InChI=1S/C16H23NO2/c1-12(2)17-10-8-14(9-11-17)16(18)13-4-6-15(19-3)7-5-13/h4-7,12,14H,8-11H2,1-3H3. The van der Waals surface area contributed by atoms with Crippen molar-refractivity contribution in [1.82, 2.24) is 4.90 Å². The molecule has 1 heterocycles.